The summed E-state index contributed by atoms with van der Waals surface area (Å²) >= 11 is 0. The summed E-state index contributed by atoms with van der Waals surface area (Å²) in [6.45, 7) is 5.21. The second-order valence-electron chi connectivity index (χ2n) is 4.15. The van der Waals surface area contributed by atoms with Gasteiger partial charge in [0.2, 0.25) is 7.85 Å². The minimum absolute atomic E-state index is 0.316. The molecule has 1 aromatic rings. The monoisotopic (exact) mass is 214 g/mol. The summed E-state index contributed by atoms with van der Waals surface area (Å²) in [5, 5.41) is 0. The second kappa shape index (κ2) is 4.60. The van der Waals surface area contributed by atoms with Crippen LogP contribution in [0.1, 0.15) is 5.56 Å². The highest BCUT2D eigenvalue weighted by Crippen LogP contribution is 2.16. The molecule has 0 aromatic heterocycles. The van der Waals surface area contributed by atoms with Crippen molar-refractivity contribution in [2.75, 3.05) is 31.1 Å². The van der Waals surface area contributed by atoms with Gasteiger partial charge in [0.15, 0.2) is 5.81 Å². The molecule has 0 N–H and O–H groups in total. The van der Waals surface area contributed by atoms with Gasteiger partial charge in [-0.1, -0.05) is 17.7 Å². The highest BCUT2D eigenvalue weighted by atomic mass is 16.1. The van der Waals surface area contributed by atoms with Crippen LogP contribution in [0.4, 0.5) is 10.5 Å². The third-order valence-electron chi connectivity index (χ3n) is 2.99. The van der Waals surface area contributed by atoms with E-state index in [-0.39, 0.29) is 5.81 Å². The fourth-order valence-corrected chi connectivity index (χ4v) is 1.94. The van der Waals surface area contributed by atoms with Gasteiger partial charge in [-0.2, -0.15) is 0 Å². The predicted molar refractivity (Wildman–Crippen MR) is 66.1 cm³/mol. The van der Waals surface area contributed by atoms with Crippen molar-refractivity contribution in [1.29, 1.82) is 0 Å². The summed E-state index contributed by atoms with van der Waals surface area (Å²) in [4.78, 5) is 14.9. The molecule has 2 rings (SSSR count). The van der Waals surface area contributed by atoms with Crippen molar-refractivity contribution in [3.63, 3.8) is 0 Å². The summed E-state index contributed by atoms with van der Waals surface area (Å²) in [7, 11) is 5.24. The molecule has 1 aromatic carbocycles. The summed E-state index contributed by atoms with van der Waals surface area (Å²) in [5.41, 5.74) is 2.48. The van der Waals surface area contributed by atoms with Gasteiger partial charge in [0.25, 0.3) is 0 Å². The van der Waals surface area contributed by atoms with E-state index in [9.17, 15) is 4.79 Å². The van der Waals surface area contributed by atoms with Crippen LogP contribution in [0.25, 0.3) is 0 Å². The molecule has 0 unspecified atom stereocenters. The SMILES string of the molecule is [B]C(=O)N1CCN(c2ccc(C)cc2)CC1. The van der Waals surface area contributed by atoms with Crippen molar-refractivity contribution in [2.45, 2.75) is 6.92 Å². The zero-order valence-electron chi connectivity index (χ0n) is 9.52. The fraction of sp³-hybridized carbons (Fsp3) is 0.417. The van der Waals surface area contributed by atoms with Gasteiger partial charge >= 0.3 is 0 Å². The highest BCUT2D eigenvalue weighted by molar-refractivity contribution is 6.56. The molecule has 4 heteroatoms. The van der Waals surface area contributed by atoms with Crippen LogP contribution in [0.15, 0.2) is 24.3 Å². The third-order valence-corrected chi connectivity index (χ3v) is 2.99. The number of nitrogens with zero attached hydrogens (tertiary/aromatic N) is 2. The lowest BCUT2D eigenvalue weighted by atomic mass is 10.1. The van der Waals surface area contributed by atoms with E-state index in [2.05, 4.69) is 36.1 Å². The van der Waals surface area contributed by atoms with Crippen LogP contribution >= 0.6 is 0 Å². The number of amides is 1. The Morgan fingerprint density at radius 1 is 1.12 bits per heavy atom. The lowest BCUT2D eigenvalue weighted by molar-refractivity contribution is 0.218. The molecule has 82 valence electrons. The Morgan fingerprint density at radius 3 is 2.19 bits per heavy atom. The van der Waals surface area contributed by atoms with E-state index in [1.165, 1.54) is 11.3 Å². The Bertz CT molecular complexity index is 369. The molecule has 1 amide bonds. The van der Waals surface area contributed by atoms with Gasteiger partial charge in [-0.25, -0.2) is 0 Å². The average molecular weight is 214 g/mol. The van der Waals surface area contributed by atoms with Gasteiger partial charge < -0.3 is 9.80 Å². The fourth-order valence-electron chi connectivity index (χ4n) is 1.94. The summed E-state index contributed by atoms with van der Waals surface area (Å²) in [6, 6.07) is 8.45. The molecule has 1 saturated heterocycles. The van der Waals surface area contributed by atoms with Crippen LogP contribution in [0, 0.1) is 6.92 Å². The summed E-state index contributed by atoms with van der Waals surface area (Å²) in [6.07, 6.45) is 0. The van der Waals surface area contributed by atoms with E-state index in [0.717, 1.165) is 13.1 Å². The first-order valence-electron chi connectivity index (χ1n) is 5.53. The number of hydrogen-bond acceptors (Lipinski definition) is 2. The van der Waals surface area contributed by atoms with Crippen molar-refractivity contribution in [3.8, 4) is 0 Å². The van der Waals surface area contributed by atoms with Crippen molar-refractivity contribution in [1.82, 2.24) is 4.90 Å². The third kappa shape index (κ3) is 2.38. The Hall–Kier alpha value is -1.45. The number of carbonyl (C=O) groups excluding carboxylic acids is 1. The van der Waals surface area contributed by atoms with Gasteiger partial charge in [0.05, 0.1) is 0 Å². The van der Waals surface area contributed by atoms with E-state index < -0.39 is 0 Å². The van der Waals surface area contributed by atoms with E-state index in [1.54, 1.807) is 4.90 Å². The topological polar surface area (TPSA) is 23.6 Å². The molecule has 1 aliphatic heterocycles. The number of hydrogen-bond donors (Lipinski definition) is 0. The molecular weight excluding hydrogens is 199 g/mol. The average Bonchev–Trinajstić information content (AvgIpc) is 2.30. The number of carbonyl (C=O) groups is 1. The second-order valence-corrected chi connectivity index (χ2v) is 4.15. The van der Waals surface area contributed by atoms with Crippen LogP contribution in [0.3, 0.4) is 0 Å². The molecule has 2 radical (unpaired) electrons. The molecular formula is C12H15BN2O. The van der Waals surface area contributed by atoms with Crippen LogP contribution < -0.4 is 4.90 Å². The molecule has 0 bridgehead atoms. The first kappa shape index (κ1) is 11.1. The largest absolute Gasteiger partial charge is 0.368 e. The van der Waals surface area contributed by atoms with Crippen LogP contribution in [-0.4, -0.2) is 44.7 Å². The number of piperazine rings is 1. The van der Waals surface area contributed by atoms with Gasteiger partial charge in [0, 0.05) is 31.9 Å². The molecule has 1 aliphatic rings. The molecule has 1 heterocycles. The van der Waals surface area contributed by atoms with Crippen LogP contribution in [0.2, 0.25) is 0 Å². The zero-order chi connectivity index (χ0) is 11.5. The molecule has 0 aliphatic carbocycles. The van der Waals surface area contributed by atoms with Crippen molar-refractivity contribution in [3.05, 3.63) is 29.8 Å². The first-order valence-corrected chi connectivity index (χ1v) is 5.53. The smallest absolute Gasteiger partial charge is 0.200 e. The van der Waals surface area contributed by atoms with E-state index in [4.69, 9.17) is 7.85 Å². The van der Waals surface area contributed by atoms with Gasteiger partial charge in [0.1, 0.15) is 0 Å². The first-order chi connectivity index (χ1) is 7.66. The van der Waals surface area contributed by atoms with E-state index in [1.807, 2.05) is 0 Å². The van der Waals surface area contributed by atoms with Gasteiger partial charge in [-0.3, -0.25) is 4.79 Å². The maximum atomic E-state index is 11.0. The number of anilines is 1. The molecule has 1 fully saturated rings. The lowest BCUT2D eigenvalue weighted by Crippen LogP contribution is -2.48. The predicted octanol–water partition coefficient (Wildman–Crippen LogP) is 1.41. The van der Waals surface area contributed by atoms with E-state index >= 15 is 0 Å². The summed E-state index contributed by atoms with van der Waals surface area (Å²) < 4.78 is 0. The lowest BCUT2D eigenvalue weighted by Gasteiger charge is -2.36. The van der Waals surface area contributed by atoms with Crippen molar-refractivity contribution in [2.24, 2.45) is 0 Å². The minimum atomic E-state index is -0.316. The van der Waals surface area contributed by atoms with Crippen LogP contribution in [-0.2, 0) is 0 Å². The van der Waals surface area contributed by atoms with Gasteiger partial charge in [-0.15, -0.1) is 0 Å². The maximum Gasteiger partial charge on any atom is 0.200 e. The molecule has 16 heavy (non-hydrogen) atoms. The van der Waals surface area contributed by atoms with E-state index in [0.29, 0.717) is 13.1 Å². The van der Waals surface area contributed by atoms with Gasteiger partial charge in [-0.05, 0) is 19.1 Å². The highest BCUT2D eigenvalue weighted by Gasteiger charge is 2.17. The normalized spacial score (nSPS) is 16.3. The molecule has 0 saturated carbocycles. The Balaban J connectivity index is 1.99. The van der Waals surface area contributed by atoms with Crippen molar-refractivity contribution < 1.29 is 4.79 Å². The Labute approximate surface area is 97.4 Å². The quantitative estimate of drug-likeness (QED) is 0.660. The van der Waals surface area contributed by atoms with Crippen molar-refractivity contribution >= 4 is 19.3 Å². The maximum absolute atomic E-state index is 11.0. The minimum Gasteiger partial charge on any atom is -0.368 e. The zero-order valence-corrected chi connectivity index (χ0v) is 9.52. The molecule has 0 atom stereocenters. The number of rotatable bonds is 1. The Morgan fingerprint density at radius 2 is 1.69 bits per heavy atom. The molecule has 3 nitrogen and oxygen atoms in total. The standard InChI is InChI=1S/C12H15BN2O/c1-10-2-4-11(5-3-10)14-6-8-15(9-7-14)12(13)16/h2-5H,6-9H2,1H3. The van der Waals surface area contributed by atoms with Crippen LogP contribution in [0.5, 0.6) is 0 Å². The Kier molecular flexibility index (Phi) is 3.18. The summed E-state index contributed by atoms with van der Waals surface area (Å²) in [5.74, 6) is -0.316. The molecule has 0 spiro atoms. The number of aryl methyl sites for hydroxylation is 1. The number of benzene rings is 1.